The lowest BCUT2D eigenvalue weighted by Gasteiger charge is -2.29. The first-order valence-corrected chi connectivity index (χ1v) is 8.93. The molecule has 2 heterocycles. The van der Waals surface area contributed by atoms with Gasteiger partial charge < -0.3 is 10.2 Å². The molecule has 1 fully saturated rings. The molecule has 0 spiro atoms. The van der Waals surface area contributed by atoms with Crippen LogP contribution in [-0.2, 0) is 0 Å². The summed E-state index contributed by atoms with van der Waals surface area (Å²) >= 11 is 4.97. The summed E-state index contributed by atoms with van der Waals surface area (Å²) in [5.41, 5.74) is 1.13. The van der Waals surface area contributed by atoms with Crippen molar-refractivity contribution in [2.45, 2.75) is 33.1 Å². The SMILES string of the molecule is Cc1cc(C(=O)NCC(C)CN2CCCCC2)sc1Br. The van der Waals surface area contributed by atoms with Gasteiger partial charge in [-0.1, -0.05) is 13.3 Å². The number of thiophene rings is 1. The maximum absolute atomic E-state index is 12.1. The molecule has 1 N–H and O–H groups in total. The van der Waals surface area contributed by atoms with E-state index in [4.69, 9.17) is 0 Å². The van der Waals surface area contributed by atoms with Crippen LogP contribution in [0.3, 0.4) is 0 Å². The Bertz CT molecular complexity index is 435. The van der Waals surface area contributed by atoms with E-state index in [1.165, 1.54) is 43.7 Å². The molecule has 1 unspecified atom stereocenters. The van der Waals surface area contributed by atoms with Crippen LogP contribution in [0.5, 0.6) is 0 Å². The number of hydrogen-bond acceptors (Lipinski definition) is 3. The fourth-order valence-electron chi connectivity index (χ4n) is 2.57. The van der Waals surface area contributed by atoms with Gasteiger partial charge in [0.1, 0.15) is 0 Å². The fraction of sp³-hybridized carbons (Fsp3) is 0.667. The highest BCUT2D eigenvalue weighted by Crippen LogP contribution is 2.27. The van der Waals surface area contributed by atoms with Crippen LogP contribution in [0, 0.1) is 12.8 Å². The minimum atomic E-state index is 0.0503. The Morgan fingerprint density at radius 3 is 2.75 bits per heavy atom. The Morgan fingerprint density at radius 2 is 2.15 bits per heavy atom. The maximum Gasteiger partial charge on any atom is 0.261 e. The summed E-state index contributed by atoms with van der Waals surface area (Å²) in [4.78, 5) is 15.4. The summed E-state index contributed by atoms with van der Waals surface area (Å²) in [6.07, 6.45) is 4.01. The molecule has 0 aromatic carbocycles. The number of nitrogens with zero attached hydrogens (tertiary/aromatic N) is 1. The molecule has 1 saturated heterocycles. The molecule has 1 aromatic heterocycles. The van der Waals surface area contributed by atoms with E-state index in [2.05, 4.69) is 33.1 Å². The van der Waals surface area contributed by atoms with Crippen molar-refractivity contribution in [1.82, 2.24) is 10.2 Å². The average molecular weight is 359 g/mol. The molecule has 1 aliphatic rings. The number of nitrogens with one attached hydrogen (secondary N) is 1. The van der Waals surface area contributed by atoms with Gasteiger partial charge in [-0.3, -0.25) is 4.79 Å². The van der Waals surface area contributed by atoms with Crippen molar-refractivity contribution in [3.8, 4) is 0 Å². The molecule has 2 rings (SSSR count). The third kappa shape index (κ3) is 4.57. The molecule has 1 aliphatic heterocycles. The maximum atomic E-state index is 12.1. The van der Waals surface area contributed by atoms with Crippen molar-refractivity contribution >= 4 is 33.2 Å². The Hall–Kier alpha value is -0.390. The van der Waals surface area contributed by atoms with Gasteiger partial charge >= 0.3 is 0 Å². The Kier molecular flexibility index (Phi) is 6.05. The molecule has 112 valence electrons. The number of rotatable bonds is 5. The number of likely N-dealkylation sites (tertiary alicyclic amines) is 1. The van der Waals surface area contributed by atoms with E-state index in [9.17, 15) is 4.79 Å². The predicted molar refractivity (Wildman–Crippen MR) is 88.5 cm³/mol. The summed E-state index contributed by atoms with van der Waals surface area (Å²) in [6.45, 7) is 8.50. The van der Waals surface area contributed by atoms with Crippen LogP contribution in [0.15, 0.2) is 9.85 Å². The summed E-state index contributed by atoms with van der Waals surface area (Å²) in [6, 6.07) is 1.94. The molecule has 0 radical (unpaired) electrons. The number of amides is 1. The molecule has 0 saturated carbocycles. The van der Waals surface area contributed by atoms with Gasteiger partial charge in [0.15, 0.2) is 0 Å². The van der Waals surface area contributed by atoms with Crippen molar-refractivity contribution in [3.05, 3.63) is 20.3 Å². The predicted octanol–water partition coefficient (Wildman–Crippen LogP) is 3.67. The topological polar surface area (TPSA) is 32.3 Å². The van der Waals surface area contributed by atoms with Crippen LogP contribution < -0.4 is 5.32 Å². The average Bonchev–Trinajstić information content (AvgIpc) is 2.77. The van der Waals surface area contributed by atoms with Crippen molar-refractivity contribution in [1.29, 1.82) is 0 Å². The normalized spacial score (nSPS) is 17.9. The van der Waals surface area contributed by atoms with Crippen LogP contribution in [-0.4, -0.2) is 37.0 Å². The highest BCUT2D eigenvalue weighted by molar-refractivity contribution is 9.11. The number of carbonyl (C=O) groups is 1. The first-order valence-electron chi connectivity index (χ1n) is 7.32. The zero-order valence-corrected chi connectivity index (χ0v) is 14.6. The second kappa shape index (κ2) is 7.57. The minimum absolute atomic E-state index is 0.0503. The zero-order valence-electron chi connectivity index (χ0n) is 12.2. The fourth-order valence-corrected chi connectivity index (χ4v) is 4.02. The number of aryl methyl sites for hydroxylation is 1. The van der Waals surface area contributed by atoms with Crippen LogP contribution in [0.2, 0.25) is 0 Å². The zero-order chi connectivity index (χ0) is 14.5. The molecule has 0 aliphatic carbocycles. The van der Waals surface area contributed by atoms with Crippen molar-refractivity contribution in [3.63, 3.8) is 0 Å². The number of hydrogen-bond donors (Lipinski definition) is 1. The van der Waals surface area contributed by atoms with Crippen molar-refractivity contribution < 1.29 is 4.79 Å². The van der Waals surface area contributed by atoms with E-state index >= 15 is 0 Å². The van der Waals surface area contributed by atoms with E-state index in [0.717, 1.165) is 27.3 Å². The minimum Gasteiger partial charge on any atom is -0.351 e. The number of halogens is 1. The lowest BCUT2D eigenvalue weighted by atomic mass is 10.1. The molecule has 1 amide bonds. The highest BCUT2D eigenvalue weighted by Gasteiger charge is 2.15. The molecule has 20 heavy (non-hydrogen) atoms. The van der Waals surface area contributed by atoms with Crippen molar-refractivity contribution in [2.75, 3.05) is 26.2 Å². The Morgan fingerprint density at radius 1 is 1.45 bits per heavy atom. The summed E-state index contributed by atoms with van der Waals surface area (Å²) in [5.74, 6) is 0.552. The molecular weight excluding hydrogens is 336 g/mol. The third-order valence-electron chi connectivity index (χ3n) is 3.71. The Balaban J connectivity index is 1.74. The summed E-state index contributed by atoms with van der Waals surface area (Å²) in [5, 5.41) is 3.05. The van der Waals surface area contributed by atoms with Gasteiger partial charge in [-0.2, -0.15) is 0 Å². The van der Waals surface area contributed by atoms with Gasteiger partial charge in [-0.15, -0.1) is 11.3 Å². The van der Waals surface area contributed by atoms with E-state index in [-0.39, 0.29) is 5.91 Å². The number of piperidine rings is 1. The quantitative estimate of drug-likeness (QED) is 0.870. The van der Waals surface area contributed by atoms with E-state index < -0.39 is 0 Å². The molecule has 0 bridgehead atoms. The second-order valence-corrected chi connectivity index (χ2v) is 8.11. The van der Waals surface area contributed by atoms with Gasteiger partial charge in [-0.05, 0) is 66.3 Å². The lowest BCUT2D eigenvalue weighted by Crippen LogP contribution is -2.37. The van der Waals surface area contributed by atoms with Crippen LogP contribution in [0.1, 0.15) is 41.4 Å². The lowest BCUT2D eigenvalue weighted by molar-refractivity contribution is 0.0946. The van der Waals surface area contributed by atoms with Crippen LogP contribution in [0.25, 0.3) is 0 Å². The van der Waals surface area contributed by atoms with E-state index in [1.54, 1.807) is 0 Å². The molecule has 5 heteroatoms. The summed E-state index contributed by atoms with van der Waals surface area (Å²) < 4.78 is 1.05. The van der Waals surface area contributed by atoms with E-state index in [1.807, 2.05) is 13.0 Å². The first kappa shape index (κ1) is 16.0. The molecular formula is C15H23BrN2OS. The highest BCUT2D eigenvalue weighted by atomic mass is 79.9. The first-order chi connectivity index (χ1) is 9.56. The smallest absolute Gasteiger partial charge is 0.261 e. The van der Waals surface area contributed by atoms with Crippen LogP contribution >= 0.6 is 27.3 Å². The monoisotopic (exact) mass is 358 g/mol. The summed E-state index contributed by atoms with van der Waals surface area (Å²) in [7, 11) is 0. The van der Waals surface area contributed by atoms with Gasteiger partial charge in [0.25, 0.3) is 5.91 Å². The molecule has 1 atom stereocenters. The standard InChI is InChI=1S/C15H23BrN2OS/c1-11(10-18-6-4-3-5-7-18)9-17-15(19)13-8-12(2)14(16)20-13/h8,11H,3-7,9-10H2,1-2H3,(H,17,19). The largest absolute Gasteiger partial charge is 0.351 e. The second-order valence-electron chi connectivity index (χ2n) is 5.74. The van der Waals surface area contributed by atoms with Crippen LogP contribution in [0.4, 0.5) is 0 Å². The van der Waals surface area contributed by atoms with Gasteiger partial charge in [0, 0.05) is 13.1 Å². The van der Waals surface area contributed by atoms with E-state index in [0.29, 0.717) is 5.92 Å². The van der Waals surface area contributed by atoms with Crippen molar-refractivity contribution in [2.24, 2.45) is 5.92 Å². The van der Waals surface area contributed by atoms with Gasteiger partial charge in [0.2, 0.25) is 0 Å². The van der Waals surface area contributed by atoms with Gasteiger partial charge in [-0.25, -0.2) is 0 Å². The Labute approximate surface area is 133 Å². The number of carbonyl (C=O) groups excluding carboxylic acids is 1. The third-order valence-corrected chi connectivity index (χ3v) is 5.85. The van der Waals surface area contributed by atoms with Gasteiger partial charge in [0.05, 0.1) is 8.66 Å². The molecule has 3 nitrogen and oxygen atoms in total. The molecule has 1 aromatic rings.